The van der Waals surface area contributed by atoms with E-state index in [1.54, 1.807) is 7.11 Å². The molecular weight excluding hydrogens is 170 g/mol. The quantitative estimate of drug-likeness (QED) is 0.662. The molecule has 0 saturated heterocycles. The van der Waals surface area contributed by atoms with Gasteiger partial charge in [-0.3, -0.25) is 0 Å². The van der Waals surface area contributed by atoms with Crippen molar-refractivity contribution in [3.63, 3.8) is 0 Å². The van der Waals surface area contributed by atoms with E-state index in [1.807, 2.05) is 11.8 Å². The summed E-state index contributed by atoms with van der Waals surface area (Å²) in [5.41, 5.74) is 0. The predicted octanol–water partition coefficient (Wildman–Crippen LogP) is 1.75. The summed E-state index contributed by atoms with van der Waals surface area (Å²) in [7, 11) is 1.74. The van der Waals surface area contributed by atoms with Crippen molar-refractivity contribution in [3.8, 4) is 0 Å². The highest BCUT2D eigenvalue weighted by atomic mass is 32.2. The lowest BCUT2D eigenvalue weighted by molar-refractivity contribution is 0.169. The average Bonchev–Trinajstić information content (AvgIpc) is 2.01. The molecule has 2 atom stereocenters. The molecule has 0 aliphatic heterocycles. The molecule has 0 aliphatic rings. The van der Waals surface area contributed by atoms with E-state index in [-0.39, 0.29) is 0 Å². The van der Waals surface area contributed by atoms with Crippen LogP contribution in [0.2, 0.25) is 0 Å². The maximum absolute atomic E-state index is 5.04. The van der Waals surface area contributed by atoms with Gasteiger partial charge in [-0.1, -0.05) is 6.92 Å². The molecule has 0 heterocycles. The first-order chi connectivity index (χ1) is 5.70. The van der Waals surface area contributed by atoms with E-state index >= 15 is 0 Å². The van der Waals surface area contributed by atoms with Crippen LogP contribution in [0.15, 0.2) is 0 Å². The van der Waals surface area contributed by atoms with Crippen LogP contribution < -0.4 is 5.32 Å². The number of ether oxygens (including phenoxy) is 1. The molecule has 0 radical (unpaired) electrons. The van der Waals surface area contributed by atoms with Crippen LogP contribution in [0, 0.1) is 0 Å². The van der Waals surface area contributed by atoms with Gasteiger partial charge in [0.05, 0.1) is 6.61 Å². The SMILES string of the molecule is CCSCC(C)NC(C)COC. The van der Waals surface area contributed by atoms with Gasteiger partial charge in [0.25, 0.3) is 0 Å². The third kappa shape index (κ3) is 6.95. The molecule has 74 valence electrons. The summed E-state index contributed by atoms with van der Waals surface area (Å²) < 4.78 is 5.04. The van der Waals surface area contributed by atoms with E-state index in [0.717, 1.165) is 6.61 Å². The van der Waals surface area contributed by atoms with Crippen molar-refractivity contribution in [3.05, 3.63) is 0 Å². The Labute approximate surface area is 80.4 Å². The Kier molecular flexibility index (Phi) is 8.07. The molecule has 0 aromatic rings. The molecule has 3 heteroatoms. The Morgan fingerprint density at radius 1 is 1.33 bits per heavy atom. The molecular formula is C9H21NOS. The van der Waals surface area contributed by atoms with E-state index in [2.05, 4.69) is 26.1 Å². The molecule has 0 aromatic carbocycles. The van der Waals surface area contributed by atoms with E-state index in [9.17, 15) is 0 Å². The number of hydrogen-bond donors (Lipinski definition) is 1. The third-order valence-electron chi connectivity index (χ3n) is 1.56. The lowest BCUT2D eigenvalue weighted by Crippen LogP contribution is -2.38. The summed E-state index contributed by atoms with van der Waals surface area (Å²) in [6, 6.07) is 1.04. The summed E-state index contributed by atoms with van der Waals surface area (Å²) >= 11 is 1.97. The summed E-state index contributed by atoms with van der Waals surface area (Å²) in [4.78, 5) is 0. The van der Waals surface area contributed by atoms with Crippen LogP contribution >= 0.6 is 11.8 Å². The maximum Gasteiger partial charge on any atom is 0.0613 e. The minimum absolute atomic E-state index is 0.461. The van der Waals surface area contributed by atoms with Crippen LogP contribution in [-0.4, -0.2) is 37.3 Å². The van der Waals surface area contributed by atoms with Gasteiger partial charge in [-0.05, 0) is 19.6 Å². The predicted molar refractivity (Wildman–Crippen MR) is 56.9 cm³/mol. The van der Waals surface area contributed by atoms with Gasteiger partial charge in [0.15, 0.2) is 0 Å². The van der Waals surface area contributed by atoms with Crippen molar-refractivity contribution in [2.24, 2.45) is 0 Å². The van der Waals surface area contributed by atoms with Crippen LogP contribution in [0.5, 0.6) is 0 Å². The second kappa shape index (κ2) is 7.90. The molecule has 0 amide bonds. The monoisotopic (exact) mass is 191 g/mol. The smallest absolute Gasteiger partial charge is 0.0613 e. The van der Waals surface area contributed by atoms with Crippen molar-refractivity contribution in [2.45, 2.75) is 32.9 Å². The standard InChI is InChI=1S/C9H21NOS/c1-5-12-7-9(3)10-8(2)6-11-4/h8-10H,5-7H2,1-4H3. The van der Waals surface area contributed by atoms with Crippen molar-refractivity contribution >= 4 is 11.8 Å². The molecule has 1 N–H and O–H groups in total. The molecule has 0 saturated carbocycles. The third-order valence-corrected chi connectivity index (χ3v) is 2.70. The van der Waals surface area contributed by atoms with Gasteiger partial charge in [0.1, 0.15) is 0 Å². The van der Waals surface area contributed by atoms with E-state index in [0.29, 0.717) is 12.1 Å². The number of methoxy groups -OCH3 is 1. The van der Waals surface area contributed by atoms with Gasteiger partial charge in [-0.2, -0.15) is 11.8 Å². The molecule has 0 bridgehead atoms. The summed E-state index contributed by atoms with van der Waals surface area (Å²) in [5, 5.41) is 3.47. The van der Waals surface area contributed by atoms with Crippen LogP contribution in [0.1, 0.15) is 20.8 Å². The van der Waals surface area contributed by atoms with E-state index in [4.69, 9.17) is 4.74 Å². The molecule has 0 rings (SSSR count). The zero-order valence-electron chi connectivity index (χ0n) is 8.59. The lowest BCUT2D eigenvalue weighted by Gasteiger charge is -2.18. The number of thioether (sulfide) groups is 1. The largest absolute Gasteiger partial charge is 0.383 e. The molecule has 0 aromatic heterocycles. The normalized spacial score (nSPS) is 16.0. The maximum atomic E-state index is 5.04. The average molecular weight is 191 g/mol. The second-order valence-electron chi connectivity index (χ2n) is 3.08. The first-order valence-electron chi connectivity index (χ1n) is 4.53. The Balaban J connectivity index is 3.33. The number of hydrogen-bond acceptors (Lipinski definition) is 3. The van der Waals surface area contributed by atoms with Gasteiger partial charge >= 0.3 is 0 Å². The zero-order valence-corrected chi connectivity index (χ0v) is 9.41. The van der Waals surface area contributed by atoms with Gasteiger partial charge in [-0.25, -0.2) is 0 Å². The molecule has 0 fully saturated rings. The summed E-state index contributed by atoms with van der Waals surface area (Å²) in [6.07, 6.45) is 0. The fourth-order valence-electron chi connectivity index (χ4n) is 1.13. The van der Waals surface area contributed by atoms with Crippen molar-refractivity contribution < 1.29 is 4.74 Å². The fourth-order valence-corrected chi connectivity index (χ4v) is 1.81. The minimum atomic E-state index is 0.461. The number of rotatable bonds is 7. The van der Waals surface area contributed by atoms with Crippen LogP contribution in [0.3, 0.4) is 0 Å². The van der Waals surface area contributed by atoms with Crippen LogP contribution in [-0.2, 0) is 4.74 Å². The second-order valence-corrected chi connectivity index (χ2v) is 4.40. The van der Waals surface area contributed by atoms with Gasteiger partial charge in [-0.15, -0.1) is 0 Å². The van der Waals surface area contributed by atoms with Crippen molar-refractivity contribution in [1.82, 2.24) is 5.32 Å². The minimum Gasteiger partial charge on any atom is -0.383 e. The van der Waals surface area contributed by atoms with Gasteiger partial charge < -0.3 is 10.1 Å². The molecule has 0 spiro atoms. The van der Waals surface area contributed by atoms with Crippen molar-refractivity contribution in [1.29, 1.82) is 0 Å². The Bertz CT molecular complexity index is 101. The van der Waals surface area contributed by atoms with Gasteiger partial charge in [0.2, 0.25) is 0 Å². The summed E-state index contributed by atoms with van der Waals surface area (Å²) in [6.45, 7) is 7.35. The number of nitrogens with one attached hydrogen (secondary N) is 1. The molecule has 0 aliphatic carbocycles. The van der Waals surface area contributed by atoms with Crippen LogP contribution in [0.25, 0.3) is 0 Å². The lowest BCUT2D eigenvalue weighted by atomic mass is 10.3. The first-order valence-corrected chi connectivity index (χ1v) is 5.68. The van der Waals surface area contributed by atoms with Crippen LogP contribution in [0.4, 0.5) is 0 Å². The Hall–Kier alpha value is 0.270. The molecule has 2 nitrogen and oxygen atoms in total. The summed E-state index contributed by atoms with van der Waals surface area (Å²) in [5.74, 6) is 2.38. The first kappa shape index (κ1) is 12.3. The Morgan fingerprint density at radius 2 is 2.00 bits per heavy atom. The molecule has 2 unspecified atom stereocenters. The van der Waals surface area contributed by atoms with Crippen molar-refractivity contribution in [2.75, 3.05) is 25.2 Å². The Morgan fingerprint density at radius 3 is 2.50 bits per heavy atom. The van der Waals surface area contributed by atoms with Gasteiger partial charge in [0, 0.05) is 24.9 Å². The van der Waals surface area contributed by atoms with E-state index < -0.39 is 0 Å². The fraction of sp³-hybridized carbons (Fsp3) is 1.00. The topological polar surface area (TPSA) is 21.3 Å². The highest BCUT2D eigenvalue weighted by Crippen LogP contribution is 2.01. The molecule has 12 heavy (non-hydrogen) atoms. The van der Waals surface area contributed by atoms with E-state index in [1.165, 1.54) is 11.5 Å². The highest BCUT2D eigenvalue weighted by molar-refractivity contribution is 7.99. The highest BCUT2D eigenvalue weighted by Gasteiger charge is 2.05. The zero-order chi connectivity index (χ0) is 9.40.